The Balaban J connectivity index is 1.51. The molecule has 2 aromatic rings. The summed E-state index contributed by atoms with van der Waals surface area (Å²) < 4.78 is 1.88. The van der Waals surface area contributed by atoms with Crippen LogP contribution in [0.4, 0.5) is 0 Å². The first-order valence-corrected chi connectivity index (χ1v) is 7.33. The highest BCUT2D eigenvalue weighted by Gasteiger charge is 2.19. The van der Waals surface area contributed by atoms with E-state index in [9.17, 15) is 0 Å². The maximum atomic E-state index is 4.23. The zero-order valence-corrected chi connectivity index (χ0v) is 12.0. The van der Waals surface area contributed by atoms with E-state index in [2.05, 4.69) is 46.6 Å². The van der Waals surface area contributed by atoms with Crippen molar-refractivity contribution in [2.75, 3.05) is 20.1 Å². The first-order chi connectivity index (χ1) is 9.83. The molecule has 1 aliphatic rings. The molecule has 1 atom stereocenters. The maximum absolute atomic E-state index is 4.23. The monoisotopic (exact) mass is 270 g/mol. The van der Waals surface area contributed by atoms with Crippen molar-refractivity contribution in [1.29, 1.82) is 0 Å². The van der Waals surface area contributed by atoms with Gasteiger partial charge in [-0.25, -0.2) is 4.68 Å². The Labute approximate surface area is 120 Å². The predicted octanol–water partition coefficient (Wildman–Crippen LogP) is 2.06. The zero-order chi connectivity index (χ0) is 13.8. The van der Waals surface area contributed by atoms with Crippen molar-refractivity contribution >= 4 is 0 Å². The van der Waals surface area contributed by atoms with E-state index in [1.54, 1.807) is 6.20 Å². The molecule has 4 nitrogen and oxygen atoms in total. The van der Waals surface area contributed by atoms with Crippen LogP contribution in [-0.4, -0.2) is 40.9 Å². The van der Waals surface area contributed by atoms with Gasteiger partial charge in [0.05, 0.1) is 5.69 Å². The van der Waals surface area contributed by atoms with Gasteiger partial charge in [-0.05, 0) is 50.2 Å². The Morgan fingerprint density at radius 2 is 2.15 bits per heavy atom. The van der Waals surface area contributed by atoms with Gasteiger partial charge in [-0.15, -0.1) is 0 Å². The summed E-state index contributed by atoms with van der Waals surface area (Å²) in [5, 5.41) is 7.80. The summed E-state index contributed by atoms with van der Waals surface area (Å²) in [7, 11) is 2.22. The molecule has 1 saturated heterocycles. The van der Waals surface area contributed by atoms with Crippen molar-refractivity contribution in [3.8, 4) is 5.69 Å². The van der Waals surface area contributed by atoms with Gasteiger partial charge in [0, 0.05) is 31.5 Å². The van der Waals surface area contributed by atoms with E-state index in [1.807, 2.05) is 16.9 Å². The average molecular weight is 270 g/mol. The lowest BCUT2D eigenvalue weighted by Gasteiger charge is -2.19. The number of likely N-dealkylation sites (N-methyl/N-ethyl adjacent to an activating group) is 1. The van der Waals surface area contributed by atoms with Crippen LogP contribution in [0, 0.1) is 0 Å². The van der Waals surface area contributed by atoms with Gasteiger partial charge in [-0.1, -0.05) is 12.1 Å². The van der Waals surface area contributed by atoms with Crippen molar-refractivity contribution in [1.82, 2.24) is 20.0 Å². The van der Waals surface area contributed by atoms with Crippen molar-refractivity contribution in [2.45, 2.75) is 25.4 Å². The predicted molar refractivity (Wildman–Crippen MR) is 80.9 cm³/mol. The largest absolute Gasteiger partial charge is 0.311 e. The molecule has 4 heteroatoms. The number of likely N-dealkylation sites (tertiary alicyclic amines) is 1. The minimum atomic E-state index is 0.707. The molecule has 1 unspecified atom stereocenters. The van der Waals surface area contributed by atoms with Gasteiger partial charge < -0.3 is 10.2 Å². The van der Waals surface area contributed by atoms with E-state index in [0.29, 0.717) is 6.04 Å². The molecule has 20 heavy (non-hydrogen) atoms. The molecule has 0 spiro atoms. The number of nitrogens with zero attached hydrogens (tertiary/aromatic N) is 3. The van der Waals surface area contributed by atoms with E-state index >= 15 is 0 Å². The smallest absolute Gasteiger partial charge is 0.0645 e. The molecular weight excluding hydrogens is 248 g/mol. The molecule has 3 rings (SSSR count). The van der Waals surface area contributed by atoms with Gasteiger partial charge in [0.2, 0.25) is 0 Å². The first kappa shape index (κ1) is 13.3. The molecule has 1 N–H and O–H groups in total. The number of hydrogen-bond donors (Lipinski definition) is 1. The molecule has 1 fully saturated rings. The average Bonchev–Trinajstić information content (AvgIpc) is 3.12. The minimum Gasteiger partial charge on any atom is -0.311 e. The van der Waals surface area contributed by atoms with Crippen LogP contribution in [0.1, 0.15) is 18.4 Å². The van der Waals surface area contributed by atoms with E-state index in [-0.39, 0.29) is 0 Å². The summed E-state index contributed by atoms with van der Waals surface area (Å²) in [5.41, 5.74) is 2.43. The third kappa shape index (κ3) is 3.08. The molecule has 0 bridgehead atoms. The Kier molecular flexibility index (Phi) is 4.14. The Bertz CT molecular complexity index is 518. The van der Waals surface area contributed by atoms with Crippen molar-refractivity contribution < 1.29 is 0 Å². The van der Waals surface area contributed by atoms with Crippen LogP contribution in [0.5, 0.6) is 0 Å². The molecular formula is C16H22N4. The quantitative estimate of drug-likeness (QED) is 0.903. The molecule has 1 aliphatic heterocycles. The summed E-state index contributed by atoms with van der Waals surface area (Å²) in [6.07, 6.45) is 6.42. The standard InChI is InChI=1S/C16H22N4/c1-19-10-2-4-16(19)13-17-12-14-5-7-15(8-6-14)20-11-3-9-18-20/h3,5-9,11,16-17H,2,4,10,12-13H2,1H3. The van der Waals surface area contributed by atoms with Crippen LogP contribution < -0.4 is 5.32 Å². The Hall–Kier alpha value is -1.65. The number of benzene rings is 1. The molecule has 1 aromatic heterocycles. The van der Waals surface area contributed by atoms with E-state index in [1.165, 1.54) is 24.9 Å². The van der Waals surface area contributed by atoms with E-state index in [0.717, 1.165) is 18.8 Å². The summed E-state index contributed by atoms with van der Waals surface area (Å²) >= 11 is 0. The normalized spacial score (nSPS) is 19.6. The van der Waals surface area contributed by atoms with Gasteiger partial charge in [0.15, 0.2) is 0 Å². The molecule has 0 radical (unpaired) electrons. The van der Waals surface area contributed by atoms with Crippen LogP contribution in [0.15, 0.2) is 42.7 Å². The van der Waals surface area contributed by atoms with Gasteiger partial charge in [-0.3, -0.25) is 0 Å². The van der Waals surface area contributed by atoms with E-state index < -0.39 is 0 Å². The summed E-state index contributed by atoms with van der Waals surface area (Å²) in [4.78, 5) is 2.45. The number of rotatable bonds is 5. The molecule has 0 saturated carbocycles. The molecule has 0 amide bonds. The van der Waals surface area contributed by atoms with E-state index in [4.69, 9.17) is 0 Å². The third-order valence-electron chi connectivity index (χ3n) is 4.09. The molecule has 1 aromatic carbocycles. The lowest BCUT2D eigenvalue weighted by molar-refractivity contribution is 0.300. The lowest BCUT2D eigenvalue weighted by atomic mass is 10.2. The molecule has 0 aliphatic carbocycles. The van der Waals surface area contributed by atoms with Gasteiger partial charge in [-0.2, -0.15) is 5.10 Å². The summed E-state index contributed by atoms with van der Waals surface area (Å²) in [6, 6.07) is 11.2. The first-order valence-electron chi connectivity index (χ1n) is 7.33. The Morgan fingerprint density at radius 1 is 1.30 bits per heavy atom. The van der Waals surface area contributed by atoms with Gasteiger partial charge in [0.1, 0.15) is 0 Å². The maximum Gasteiger partial charge on any atom is 0.0645 e. The topological polar surface area (TPSA) is 33.1 Å². The van der Waals surface area contributed by atoms with Crippen LogP contribution in [0.3, 0.4) is 0 Å². The molecule has 2 heterocycles. The molecule has 106 valence electrons. The summed E-state index contributed by atoms with van der Waals surface area (Å²) in [5.74, 6) is 0. The van der Waals surface area contributed by atoms with Crippen molar-refractivity contribution in [3.05, 3.63) is 48.3 Å². The fourth-order valence-electron chi connectivity index (χ4n) is 2.81. The second-order valence-corrected chi connectivity index (χ2v) is 5.52. The fourth-order valence-corrected chi connectivity index (χ4v) is 2.81. The van der Waals surface area contributed by atoms with Crippen LogP contribution in [-0.2, 0) is 6.54 Å². The van der Waals surface area contributed by atoms with Crippen molar-refractivity contribution in [3.63, 3.8) is 0 Å². The van der Waals surface area contributed by atoms with Crippen LogP contribution in [0.2, 0.25) is 0 Å². The van der Waals surface area contributed by atoms with Crippen LogP contribution in [0.25, 0.3) is 5.69 Å². The van der Waals surface area contributed by atoms with Gasteiger partial charge in [0.25, 0.3) is 0 Å². The second kappa shape index (κ2) is 6.20. The zero-order valence-electron chi connectivity index (χ0n) is 12.0. The summed E-state index contributed by atoms with van der Waals surface area (Å²) in [6.45, 7) is 3.26. The number of nitrogens with one attached hydrogen (secondary N) is 1. The fraction of sp³-hybridized carbons (Fsp3) is 0.438. The third-order valence-corrected chi connectivity index (χ3v) is 4.09. The second-order valence-electron chi connectivity index (χ2n) is 5.52. The SMILES string of the molecule is CN1CCCC1CNCc1ccc(-n2cccn2)cc1. The van der Waals surface area contributed by atoms with Crippen molar-refractivity contribution in [2.24, 2.45) is 0 Å². The number of aromatic nitrogens is 2. The highest BCUT2D eigenvalue weighted by atomic mass is 15.3. The minimum absolute atomic E-state index is 0.707. The van der Waals surface area contributed by atoms with Gasteiger partial charge >= 0.3 is 0 Å². The highest BCUT2D eigenvalue weighted by Crippen LogP contribution is 2.14. The lowest BCUT2D eigenvalue weighted by Crippen LogP contribution is -2.35. The highest BCUT2D eigenvalue weighted by molar-refractivity contribution is 5.33. The Morgan fingerprint density at radius 3 is 2.80 bits per heavy atom. The number of hydrogen-bond acceptors (Lipinski definition) is 3. The van der Waals surface area contributed by atoms with Crippen LogP contribution >= 0.6 is 0 Å².